The highest BCUT2D eigenvalue weighted by Crippen LogP contribution is 2.39. The van der Waals surface area contributed by atoms with Crippen LogP contribution in [0.5, 0.6) is 0 Å². The fourth-order valence-corrected chi connectivity index (χ4v) is 3.72. The summed E-state index contributed by atoms with van der Waals surface area (Å²) in [5.41, 5.74) is 1.51. The number of aromatic carboxylic acids is 1. The Labute approximate surface area is 161 Å². The van der Waals surface area contributed by atoms with Crippen molar-refractivity contribution in [1.29, 1.82) is 0 Å². The first-order chi connectivity index (χ1) is 12.8. The Morgan fingerprint density at radius 1 is 0.926 bits per heavy atom. The highest BCUT2D eigenvalue weighted by atomic mass is 16.4. The molecule has 27 heavy (non-hydrogen) atoms. The summed E-state index contributed by atoms with van der Waals surface area (Å²) < 4.78 is 0. The SMILES string of the molecule is CC(C)C(CNC(=O)c1ccccc1)(Cc1ccccc1C(=O)O)C(C)C. The molecule has 144 valence electrons. The second kappa shape index (κ2) is 8.85. The van der Waals surface area contributed by atoms with E-state index in [1.54, 1.807) is 24.3 Å². The third-order valence-corrected chi connectivity index (χ3v) is 5.68. The number of amides is 1. The number of carbonyl (C=O) groups is 2. The second-order valence-corrected chi connectivity index (χ2v) is 7.73. The number of carbonyl (C=O) groups excluding carboxylic acids is 1. The van der Waals surface area contributed by atoms with Crippen molar-refractivity contribution in [3.63, 3.8) is 0 Å². The zero-order chi connectivity index (χ0) is 20.0. The maximum atomic E-state index is 12.6. The molecule has 0 aliphatic heterocycles. The Morgan fingerprint density at radius 3 is 2.04 bits per heavy atom. The molecule has 0 fully saturated rings. The van der Waals surface area contributed by atoms with E-state index in [0.29, 0.717) is 24.1 Å². The maximum Gasteiger partial charge on any atom is 0.335 e. The van der Waals surface area contributed by atoms with Gasteiger partial charge in [-0.25, -0.2) is 4.79 Å². The third-order valence-electron chi connectivity index (χ3n) is 5.68. The van der Waals surface area contributed by atoms with E-state index in [0.717, 1.165) is 5.56 Å². The molecule has 2 aromatic carbocycles. The molecule has 1 amide bonds. The highest BCUT2D eigenvalue weighted by molar-refractivity contribution is 5.94. The van der Waals surface area contributed by atoms with Crippen molar-refractivity contribution in [2.24, 2.45) is 17.3 Å². The maximum absolute atomic E-state index is 12.6. The van der Waals surface area contributed by atoms with Gasteiger partial charge in [0.15, 0.2) is 0 Å². The average molecular weight is 367 g/mol. The smallest absolute Gasteiger partial charge is 0.335 e. The van der Waals surface area contributed by atoms with E-state index in [1.807, 2.05) is 30.3 Å². The van der Waals surface area contributed by atoms with E-state index in [-0.39, 0.29) is 23.2 Å². The molecule has 2 N–H and O–H groups in total. The van der Waals surface area contributed by atoms with Crippen molar-refractivity contribution in [1.82, 2.24) is 5.32 Å². The van der Waals surface area contributed by atoms with Crippen LogP contribution in [0.15, 0.2) is 54.6 Å². The Kier molecular flexibility index (Phi) is 6.78. The van der Waals surface area contributed by atoms with E-state index in [9.17, 15) is 14.7 Å². The first-order valence-corrected chi connectivity index (χ1v) is 9.42. The van der Waals surface area contributed by atoms with Crippen LogP contribution in [0.3, 0.4) is 0 Å². The van der Waals surface area contributed by atoms with Gasteiger partial charge in [-0.15, -0.1) is 0 Å². The van der Waals surface area contributed by atoms with Crippen LogP contribution < -0.4 is 5.32 Å². The minimum atomic E-state index is -0.916. The van der Waals surface area contributed by atoms with Crippen LogP contribution in [0.4, 0.5) is 0 Å². The summed E-state index contributed by atoms with van der Waals surface area (Å²) in [4.78, 5) is 24.2. The lowest BCUT2D eigenvalue weighted by molar-refractivity contribution is 0.0684. The van der Waals surface area contributed by atoms with Crippen LogP contribution in [0.25, 0.3) is 0 Å². The molecule has 4 nitrogen and oxygen atoms in total. The highest BCUT2D eigenvalue weighted by Gasteiger charge is 2.38. The lowest BCUT2D eigenvalue weighted by Gasteiger charge is -2.42. The van der Waals surface area contributed by atoms with Crippen LogP contribution in [0.1, 0.15) is 54.0 Å². The molecule has 0 radical (unpaired) electrons. The molecule has 2 aromatic rings. The number of carboxylic acids is 1. The minimum absolute atomic E-state index is 0.104. The Morgan fingerprint density at radius 2 is 1.48 bits per heavy atom. The second-order valence-electron chi connectivity index (χ2n) is 7.73. The molecule has 4 heteroatoms. The summed E-state index contributed by atoms with van der Waals surface area (Å²) in [5, 5.41) is 12.6. The fraction of sp³-hybridized carbons (Fsp3) is 0.391. The number of hydrogen-bond acceptors (Lipinski definition) is 2. The molecule has 0 unspecified atom stereocenters. The summed E-state index contributed by atoms with van der Waals surface area (Å²) in [5.74, 6) is -0.501. The van der Waals surface area contributed by atoms with Crippen LogP contribution in [-0.4, -0.2) is 23.5 Å². The van der Waals surface area contributed by atoms with Gasteiger partial charge >= 0.3 is 5.97 Å². The third kappa shape index (κ3) is 4.76. The van der Waals surface area contributed by atoms with E-state index < -0.39 is 5.97 Å². The van der Waals surface area contributed by atoms with Crippen molar-refractivity contribution in [2.45, 2.75) is 34.1 Å². The van der Waals surface area contributed by atoms with Crippen molar-refractivity contribution < 1.29 is 14.7 Å². The molecular weight excluding hydrogens is 338 g/mol. The summed E-state index contributed by atoms with van der Waals surface area (Å²) in [6.07, 6.45) is 0.597. The van der Waals surface area contributed by atoms with Crippen molar-refractivity contribution in [3.05, 3.63) is 71.3 Å². The predicted molar refractivity (Wildman–Crippen MR) is 108 cm³/mol. The lowest BCUT2D eigenvalue weighted by atomic mass is 9.65. The first-order valence-electron chi connectivity index (χ1n) is 9.42. The molecule has 0 aromatic heterocycles. The first kappa shape index (κ1) is 20.7. The van der Waals surface area contributed by atoms with E-state index in [2.05, 4.69) is 33.0 Å². The van der Waals surface area contributed by atoms with Gasteiger partial charge in [-0.1, -0.05) is 64.1 Å². The van der Waals surface area contributed by atoms with Crippen molar-refractivity contribution >= 4 is 11.9 Å². The molecule has 0 heterocycles. The van der Waals surface area contributed by atoms with Crippen LogP contribution in [0, 0.1) is 17.3 Å². The van der Waals surface area contributed by atoms with E-state index in [4.69, 9.17) is 0 Å². The van der Waals surface area contributed by atoms with E-state index in [1.165, 1.54) is 0 Å². The number of nitrogens with one attached hydrogen (secondary N) is 1. The van der Waals surface area contributed by atoms with Crippen LogP contribution >= 0.6 is 0 Å². The lowest BCUT2D eigenvalue weighted by Crippen LogP contribution is -2.46. The zero-order valence-electron chi connectivity index (χ0n) is 16.5. The van der Waals surface area contributed by atoms with Gasteiger partial charge < -0.3 is 10.4 Å². The van der Waals surface area contributed by atoms with Gasteiger partial charge in [0.25, 0.3) is 5.91 Å². The fourth-order valence-electron chi connectivity index (χ4n) is 3.72. The van der Waals surface area contributed by atoms with E-state index >= 15 is 0 Å². The Bertz CT molecular complexity index is 773. The molecule has 0 spiro atoms. The number of rotatable bonds is 8. The van der Waals surface area contributed by atoms with Gasteiger partial charge in [-0.05, 0) is 47.4 Å². The Hall–Kier alpha value is -2.62. The van der Waals surface area contributed by atoms with Crippen LogP contribution in [0.2, 0.25) is 0 Å². The van der Waals surface area contributed by atoms with Gasteiger partial charge in [-0.3, -0.25) is 4.79 Å². The quantitative estimate of drug-likeness (QED) is 0.713. The van der Waals surface area contributed by atoms with Gasteiger partial charge in [-0.2, -0.15) is 0 Å². The number of hydrogen-bond donors (Lipinski definition) is 2. The largest absolute Gasteiger partial charge is 0.478 e. The minimum Gasteiger partial charge on any atom is -0.478 e. The zero-order valence-corrected chi connectivity index (χ0v) is 16.5. The molecule has 0 atom stereocenters. The standard InChI is InChI=1S/C23H29NO3/c1-16(2)23(17(3)4,14-19-12-8-9-13-20(19)22(26)27)15-24-21(25)18-10-6-5-7-11-18/h5-13,16-17H,14-15H2,1-4H3,(H,24,25)(H,26,27). The van der Waals surface area contributed by atoms with Crippen LogP contribution in [-0.2, 0) is 6.42 Å². The summed E-state index contributed by atoms with van der Waals surface area (Å²) in [6, 6.07) is 16.3. The molecule has 0 aliphatic carbocycles. The summed E-state index contributed by atoms with van der Waals surface area (Å²) in [7, 11) is 0. The topological polar surface area (TPSA) is 66.4 Å². The molecule has 0 bridgehead atoms. The molecule has 2 rings (SSSR count). The molecule has 0 saturated heterocycles. The predicted octanol–water partition coefficient (Wildman–Crippen LogP) is 4.66. The average Bonchev–Trinajstić information content (AvgIpc) is 2.65. The summed E-state index contributed by atoms with van der Waals surface area (Å²) >= 11 is 0. The van der Waals surface area contributed by atoms with Gasteiger partial charge in [0, 0.05) is 12.1 Å². The number of carboxylic acid groups (broad SMARTS) is 1. The van der Waals surface area contributed by atoms with Crippen molar-refractivity contribution in [3.8, 4) is 0 Å². The normalized spacial score (nSPS) is 11.6. The van der Waals surface area contributed by atoms with Crippen molar-refractivity contribution in [2.75, 3.05) is 6.54 Å². The van der Waals surface area contributed by atoms with Gasteiger partial charge in [0.2, 0.25) is 0 Å². The van der Waals surface area contributed by atoms with Gasteiger partial charge in [0.05, 0.1) is 5.56 Å². The van der Waals surface area contributed by atoms with Gasteiger partial charge in [0.1, 0.15) is 0 Å². The molecule has 0 aliphatic rings. The molecule has 0 saturated carbocycles. The molecular formula is C23H29NO3. The monoisotopic (exact) mass is 367 g/mol. The number of benzene rings is 2. The summed E-state index contributed by atoms with van der Waals surface area (Å²) in [6.45, 7) is 9.04. The Balaban J connectivity index is 2.31.